The topological polar surface area (TPSA) is 80.5 Å². The van der Waals surface area contributed by atoms with Gasteiger partial charge < -0.3 is 10.7 Å². The predicted octanol–water partition coefficient (Wildman–Crippen LogP) is 0.933. The predicted molar refractivity (Wildman–Crippen MR) is 49.2 cm³/mol. The number of anilines is 1. The maximum atomic E-state index is 5.42. The van der Waals surface area contributed by atoms with E-state index >= 15 is 0 Å². The van der Waals surface area contributed by atoms with Crippen molar-refractivity contribution in [3.05, 3.63) is 24.7 Å². The van der Waals surface area contributed by atoms with E-state index in [2.05, 4.69) is 19.9 Å². The molecule has 0 fully saturated rings. The smallest absolute Gasteiger partial charge is 0.221 e. The van der Waals surface area contributed by atoms with Gasteiger partial charge in [0.2, 0.25) is 5.95 Å². The minimum atomic E-state index is 0.275. The Morgan fingerprint density at radius 2 is 2.23 bits per heavy atom. The van der Waals surface area contributed by atoms with Gasteiger partial charge in [-0.05, 0) is 17.8 Å². The van der Waals surface area contributed by atoms with Gasteiger partial charge in [-0.2, -0.15) is 0 Å². The average molecular weight is 193 g/mol. The molecule has 2 rings (SSSR count). The van der Waals surface area contributed by atoms with Crippen LogP contribution in [0.2, 0.25) is 0 Å². The van der Waals surface area contributed by atoms with Crippen molar-refractivity contribution in [3.8, 4) is 0 Å². The highest BCUT2D eigenvalue weighted by Crippen LogP contribution is 2.21. The van der Waals surface area contributed by atoms with Gasteiger partial charge >= 0.3 is 0 Å². The van der Waals surface area contributed by atoms with Gasteiger partial charge in [-0.3, -0.25) is 0 Å². The number of aromatic amines is 1. The number of rotatable bonds is 2. The third-order valence-corrected chi connectivity index (χ3v) is 2.18. The molecule has 3 N–H and O–H groups in total. The summed E-state index contributed by atoms with van der Waals surface area (Å²) in [5, 5.41) is 1.57. The number of H-pyrrole nitrogens is 1. The minimum Gasteiger partial charge on any atom is -0.368 e. The Bertz CT molecular complexity index is 386. The molecule has 2 aromatic heterocycles. The summed E-state index contributed by atoms with van der Waals surface area (Å²) < 4.78 is 0. The lowest BCUT2D eigenvalue weighted by Gasteiger charge is -1.96. The molecule has 0 aliphatic heterocycles. The number of aromatic nitrogens is 4. The fourth-order valence-corrected chi connectivity index (χ4v) is 1.53. The summed E-state index contributed by atoms with van der Waals surface area (Å²) >= 11 is 1.41. The van der Waals surface area contributed by atoms with Crippen LogP contribution in [0, 0.1) is 0 Å². The fourth-order valence-electron chi connectivity index (χ4n) is 0.819. The van der Waals surface area contributed by atoms with Crippen molar-refractivity contribution in [3.63, 3.8) is 0 Å². The molecule has 0 aliphatic rings. The Morgan fingerprint density at radius 3 is 2.92 bits per heavy atom. The van der Waals surface area contributed by atoms with Crippen molar-refractivity contribution in [2.45, 2.75) is 10.2 Å². The molecule has 5 nitrogen and oxygen atoms in total. The molecule has 0 spiro atoms. The summed E-state index contributed by atoms with van der Waals surface area (Å²) in [4.78, 5) is 14.8. The molecule has 13 heavy (non-hydrogen) atoms. The Hall–Kier alpha value is -1.56. The van der Waals surface area contributed by atoms with Crippen molar-refractivity contribution >= 4 is 17.7 Å². The summed E-state index contributed by atoms with van der Waals surface area (Å²) in [6.07, 6.45) is 5.06. The zero-order valence-corrected chi connectivity index (χ0v) is 7.45. The molecule has 0 unspecified atom stereocenters. The second-order valence-electron chi connectivity index (χ2n) is 2.25. The molecule has 0 radical (unpaired) electrons. The van der Waals surface area contributed by atoms with Crippen molar-refractivity contribution in [1.29, 1.82) is 0 Å². The molecule has 0 amide bonds. The first-order valence-corrected chi connectivity index (χ1v) is 4.42. The summed E-state index contributed by atoms with van der Waals surface area (Å²) in [5.41, 5.74) is 5.42. The van der Waals surface area contributed by atoms with Crippen LogP contribution in [0.25, 0.3) is 0 Å². The highest BCUT2D eigenvalue weighted by Gasteiger charge is 2.00. The second-order valence-corrected chi connectivity index (χ2v) is 3.26. The molecule has 0 bridgehead atoms. The van der Waals surface area contributed by atoms with Crippen LogP contribution in [0.5, 0.6) is 0 Å². The number of nitrogens with zero attached hydrogens (tertiary/aromatic N) is 3. The van der Waals surface area contributed by atoms with E-state index in [1.54, 1.807) is 24.7 Å². The first-order chi connectivity index (χ1) is 6.34. The number of nitrogens with two attached hydrogens (primary N) is 1. The number of nitrogen functional groups attached to an aromatic ring is 1. The maximum Gasteiger partial charge on any atom is 0.221 e. The number of imidazole rings is 1. The summed E-state index contributed by atoms with van der Waals surface area (Å²) in [6, 6.07) is 1.78. The Balaban J connectivity index is 2.19. The van der Waals surface area contributed by atoms with Crippen LogP contribution in [-0.4, -0.2) is 19.9 Å². The van der Waals surface area contributed by atoms with Crippen LogP contribution < -0.4 is 5.73 Å². The number of hydrogen-bond acceptors (Lipinski definition) is 5. The van der Waals surface area contributed by atoms with Gasteiger partial charge in [0.15, 0.2) is 5.16 Å². The maximum absolute atomic E-state index is 5.42. The first-order valence-electron chi connectivity index (χ1n) is 3.60. The van der Waals surface area contributed by atoms with E-state index in [0.29, 0.717) is 0 Å². The minimum absolute atomic E-state index is 0.275. The highest BCUT2D eigenvalue weighted by atomic mass is 32.2. The van der Waals surface area contributed by atoms with Gasteiger partial charge in [-0.25, -0.2) is 15.0 Å². The number of hydrogen-bond donors (Lipinski definition) is 2. The molecule has 0 atom stereocenters. The van der Waals surface area contributed by atoms with Crippen LogP contribution >= 0.6 is 11.8 Å². The third kappa shape index (κ3) is 1.97. The van der Waals surface area contributed by atoms with E-state index < -0.39 is 0 Å². The largest absolute Gasteiger partial charge is 0.368 e. The van der Waals surface area contributed by atoms with Crippen LogP contribution in [0.3, 0.4) is 0 Å². The van der Waals surface area contributed by atoms with Gasteiger partial charge in [0.05, 0.1) is 0 Å². The van der Waals surface area contributed by atoms with Crippen molar-refractivity contribution in [2.24, 2.45) is 0 Å². The van der Waals surface area contributed by atoms with Crippen LogP contribution in [0.4, 0.5) is 5.95 Å². The van der Waals surface area contributed by atoms with Gasteiger partial charge in [0.1, 0.15) is 5.03 Å². The van der Waals surface area contributed by atoms with E-state index in [1.807, 2.05) is 0 Å². The van der Waals surface area contributed by atoms with Gasteiger partial charge in [-0.15, -0.1) is 0 Å². The first kappa shape index (κ1) is 8.06. The van der Waals surface area contributed by atoms with Crippen molar-refractivity contribution < 1.29 is 0 Å². The number of nitrogens with one attached hydrogen (secondary N) is 1. The van der Waals surface area contributed by atoms with E-state index in [4.69, 9.17) is 5.73 Å². The quantitative estimate of drug-likeness (QED) is 0.693. The Labute approximate surface area is 78.8 Å². The average Bonchev–Trinajstić information content (AvgIpc) is 2.57. The summed E-state index contributed by atoms with van der Waals surface area (Å²) in [5.74, 6) is 0.275. The van der Waals surface area contributed by atoms with Gasteiger partial charge in [-0.1, -0.05) is 0 Å². The lowest BCUT2D eigenvalue weighted by molar-refractivity contribution is 1.02. The zero-order valence-electron chi connectivity index (χ0n) is 6.64. The monoisotopic (exact) mass is 193 g/mol. The third-order valence-electron chi connectivity index (χ3n) is 1.32. The Morgan fingerprint density at radius 1 is 1.31 bits per heavy atom. The van der Waals surface area contributed by atoms with Gasteiger partial charge in [0.25, 0.3) is 0 Å². The molecule has 0 saturated carbocycles. The van der Waals surface area contributed by atoms with Crippen LogP contribution in [-0.2, 0) is 0 Å². The fraction of sp³-hybridized carbons (Fsp3) is 0. The van der Waals surface area contributed by atoms with Crippen LogP contribution in [0.15, 0.2) is 34.8 Å². The van der Waals surface area contributed by atoms with Crippen molar-refractivity contribution in [2.75, 3.05) is 5.73 Å². The normalized spacial score (nSPS) is 10.2. The molecule has 0 aliphatic carbocycles. The molecule has 2 aromatic rings. The van der Waals surface area contributed by atoms with E-state index in [9.17, 15) is 0 Å². The van der Waals surface area contributed by atoms with E-state index in [1.165, 1.54) is 11.8 Å². The van der Waals surface area contributed by atoms with Crippen LogP contribution in [0.1, 0.15) is 0 Å². The van der Waals surface area contributed by atoms with Crippen molar-refractivity contribution in [1.82, 2.24) is 19.9 Å². The summed E-state index contributed by atoms with van der Waals surface area (Å²) in [6.45, 7) is 0. The standard InChI is InChI=1S/C7H7N5S/c8-6-9-2-1-5(12-6)13-7-10-3-4-11-7/h1-4H,(H,10,11)(H2,8,9,12). The second kappa shape index (κ2) is 3.44. The molecular formula is C7H7N5S. The van der Waals surface area contributed by atoms with Gasteiger partial charge in [0, 0.05) is 18.6 Å². The molecule has 0 saturated heterocycles. The van der Waals surface area contributed by atoms with E-state index in [-0.39, 0.29) is 5.95 Å². The lowest BCUT2D eigenvalue weighted by atomic mass is 10.7. The SMILES string of the molecule is Nc1nccc(Sc2ncc[nH]2)n1. The summed E-state index contributed by atoms with van der Waals surface area (Å²) in [7, 11) is 0. The molecular weight excluding hydrogens is 186 g/mol. The zero-order chi connectivity index (χ0) is 9.10. The lowest BCUT2D eigenvalue weighted by Crippen LogP contribution is -1.94. The molecule has 66 valence electrons. The Kier molecular flexibility index (Phi) is 2.13. The molecule has 0 aromatic carbocycles. The van der Waals surface area contributed by atoms with E-state index in [0.717, 1.165) is 10.2 Å². The molecule has 6 heteroatoms. The highest BCUT2D eigenvalue weighted by molar-refractivity contribution is 7.99. The molecule has 2 heterocycles.